The summed E-state index contributed by atoms with van der Waals surface area (Å²) in [6.45, 7) is 0.215. The fraction of sp³-hybridized carbons (Fsp3) is 0.286. The molecule has 1 amide bonds. The number of benzene rings is 1. The van der Waals surface area contributed by atoms with Crippen molar-refractivity contribution in [2.45, 2.75) is 12.6 Å². The van der Waals surface area contributed by atoms with E-state index >= 15 is 0 Å². The molecule has 0 saturated heterocycles. The van der Waals surface area contributed by atoms with Crippen LogP contribution in [0.5, 0.6) is 11.5 Å². The molecule has 0 saturated carbocycles. The van der Waals surface area contributed by atoms with Gasteiger partial charge >= 0.3 is 0 Å². The highest BCUT2D eigenvalue weighted by molar-refractivity contribution is 6.10. The van der Waals surface area contributed by atoms with E-state index in [0.717, 1.165) is 5.56 Å². The van der Waals surface area contributed by atoms with Crippen molar-refractivity contribution in [3.63, 3.8) is 0 Å². The Balaban J connectivity index is 2.03. The van der Waals surface area contributed by atoms with Crippen LogP contribution in [0.3, 0.4) is 0 Å². The van der Waals surface area contributed by atoms with E-state index in [1.165, 1.54) is 12.3 Å². The molecule has 0 spiro atoms. The van der Waals surface area contributed by atoms with E-state index in [2.05, 4.69) is 5.32 Å². The molecule has 1 aromatic rings. The minimum atomic E-state index is -1.09. The van der Waals surface area contributed by atoms with Gasteiger partial charge in [0.05, 0.1) is 20.5 Å². The predicted molar refractivity (Wildman–Crippen MR) is 70.4 cm³/mol. The Bertz CT molecular complexity index is 552. The zero-order chi connectivity index (χ0) is 14.5. The van der Waals surface area contributed by atoms with E-state index in [1.54, 1.807) is 32.4 Å². The summed E-state index contributed by atoms with van der Waals surface area (Å²) >= 11 is 0. The molecule has 0 radical (unpaired) electrons. The second-order valence-electron chi connectivity index (χ2n) is 4.12. The molecular weight excluding hydrogens is 262 g/mol. The molecule has 2 rings (SSSR count). The van der Waals surface area contributed by atoms with Gasteiger partial charge in [0.1, 0.15) is 11.5 Å². The first-order valence-electron chi connectivity index (χ1n) is 6.00. The third kappa shape index (κ3) is 2.90. The molecule has 1 heterocycles. The SMILES string of the molecule is COc1ccc(OC)c(CNC(=O)C2OC=CC2=O)c1. The Morgan fingerprint density at radius 2 is 2.15 bits per heavy atom. The van der Waals surface area contributed by atoms with Gasteiger partial charge in [-0.05, 0) is 18.2 Å². The lowest BCUT2D eigenvalue weighted by atomic mass is 10.1. The van der Waals surface area contributed by atoms with Crippen LogP contribution in [0.25, 0.3) is 0 Å². The summed E-state index contributed by atoms with van der Waals surface area (Å²) in [6, 6.07) is 5.27. The largest absolute Gasteiger partial charge is 0.497 e. The maximum absolute atomic E-state index is 11.8. The van der Waals surface area contributed by atoms with E-state index in [0.29, 0.717) is 11.5 Å². The standard InChI is InChI=1S/C14H15NO5/c1-18-10-3-4-12(19-2)9(7-10)8-15-14(17)13-11(16)5-6-20-13/h3-7,13H,8H2,1-2H3,(H,15,17). The summed E-state index contributed by atoms with van der Waals surface area (Å²) in [5.41, 5.74) is 0.749. The van der Waals surface area contributed by atoms with Crippen LogP contribution in [0.1, 0.15) is 5.56 Å². The molecule has 0 aromatic heterocycles. The van der Waals surface area contributed by atoms with E-state index in [9.17, 15) is 9.59 Å². The van der Waals surface area contributed by atoms with E-state index in [1.807, 2.05) is 0 Å². The molecule has 1 atom stereocenters. The molecule has 0 aliphatic carbocycles. The maximum Gasteiger partial charge on any atom is 0.269 e. The number of nitrogens with one attached hydrogen (secondary N) is 1. The van der Waals surface area contributed by atoms with Crippen LogP contribution in [-0.4, -0.2) is 32.0 Å². The summed E-state index contributed by atoms with van der Waals surface area (Å²) in [4.78, 5) is 23.1. The van der Waals surface area contributed by atoms with E-state index in [4.69, 9.17) is 14.2 Å². The second kappa shape index (κ2) is 6.10. The molecule has 6 heteroatoms. The Morgan fingerprint density at radius 1 is 1.35 bits per heavy atom. The Hall–Kier alpha value is -2.50. The third-order valence-corrected chi connectivity index (χ3v) is 2.88. The molecule has 1 aliphatic heterocycles. The highest BCUT2D eigenvalue weighted by atomic mass is 16.5. The summed E-state index contributed by atoms with van der Waals surface area (Å²) < 4.78 is 15.2. The van der Waals surface area contributed by atoms with E-state index < -0.39 is 12.0 Å². The van der Waals surface area contributed by atoms with Crippen LogP contribution >= 0.6 is 0 Å². The van der Waals surface area contributed by atoms with Crippen molar-refractivity contribution in [3.8, 4) is 11.5 Å². The lowest BCUT2D eigenvalue weighted by Gasteiger charge is -2.13. The number of ether oxygens (including phenoxy) is 3. The van der Waals surface area contributed by atoms with Crippen LogP contribution in [0.15, 0.2) is 30.5 Å². The minimum absolute atomic E-state index is 0.215. The van der Waals surface area contributed by atoms with Crippen molar-refractivity contribution >= 4 is 11.7 Å². The molecule has 20 heavy (non-hydrogen) atoms. The smallest absolute Gasteiger partial charge is 0.269 e. The van der Waals surface area contributed by atoms with Gasteiger partial charge in [0, 0.05) is 18.2 Å². The molecule has 1 aliphatic rings. The number of carbonyl (C=O) groups excluding carboxylic acids is 2. The van der Waals surface area contributed by atoms with Crippen molar-refractivity contribution in [2.75, 3.05) is 14.2 Å². The Morgan fingerprint density at radius 3 is 2.75 bits per heavy atom. The molecule has 6 nitrogen and oxygen atoms in total. The van der Waals surface area contributed by atoms with Gasteiger partial charge in [-0.15, -0.1) is 0 Å². The topological polar surface area (TPSA) is 73.9 Å². The number of amides is 1. The monoisotopic (exact) mass is 277 g/mol. The zero-order valence-electron chi connectivity index (χ0n) is 11.2. The second-order valence-corrected chi connectivity index (χ2v) is 4.12. The predicted octanol–water partition coefficient (Wildman–Crippen LogP) is 0.802. The highest BCUT2D eigenvalue weighted by Crippen LogP contribution is 2.23. The average Bonchev–Trinajstić information content (AvgIpc) is 2.90. The summed E-state index contributed by atoms with van der Waals surface area (Å²) in [5, 5.41) is 2.64. The highest BCUT2D eigenvalue weighted by Gasteiger charge is 2.29. The van der Waals surface area contributed by atoms with Crippen LogP contribution in [-0.2, 0) is 20.9 Å². The maximum atomic E-state index is 11.8. The van der Waals surface area contributed by atoms with Gasteiger partial charge in [-0.3, -0.25) is 9.59 Å². The Kier molecular flexibility index (Phi) is 4.24. The van der Waals surface area contributed by atoms with Crippen molar-refractivity contribution in [2.24, 2.45) is 0 Å². The summed E-state index contributed by atoms with van der Waals surface area (Å²) in [7, 11) is 3.10. The molecular formula is C14H15NO5. The first kappa shape index (κ1) is 13.9. The fourth-order valence-corrected chi connectivity index (χ4v) is 1.83. The summed E-state index contributed by atoms with van der Waals surface area (Å²) in [5.74, 6) is 0.442. The first-order chi connectivity index (χ1) is 9.65. The number of ketones is 1. The third-order valence-electron chi connectivity index (χ3n) is 2.88. The fourth-order valence-electron chi connectivity index (χ4n) is 1.83. The van der Waals surface area contributed by atoms with Crippen LogP contribution in [0.2, 0.25) is 0 Å². The van der Waals surface area contributed by atoms with Gasteiger partial charge < -0.3 is 19.5 Å². The van der Waals surface area contributed by atoms with Crippen molar-refractivity contribution in [3.05, 3.63) is 36.1 Å². The zero-order valence-corrected chi connectivity index (χ0v) is 11.2. The first-order valence-corrected chi connectivity index (χ1v) is 6.00. The lowest BCUT2D eigenvalue weighted by Crippen LogP contribution is -2.38. The van der Waals surface area contributed by atoms with E-state index in [-0.39, 0.29) is 12.3 Å². The molecule has 1 aromatic carbocycles. The number of hydrogen-bond donors (Lipinski definition) is 1. The minimum Gasteiger partial charge on any atom is -0.497 e. The molecule has 1 unspecified atom stereocenters. The van der Waals surface area contributed by atoms with Gasteiger partial charge in [0.2, 0.25) is 11.9 Å². The number of hydrogen-bond acceptors (Lipinski definition) is 5. The molecule has 0 bridgehead atoms. The van der Waals surface area contributed by atoms with Crippen LogP contribution < -0.4 is 14.8 Å². The van der Waals surface area contributed by atoms with Gasteiger partial charge in [0.25, 0.3) is 5.91 Å². The molecule has 1 N–H and O–H groups in total. The van der Waals surface area contributed by atoms with Crippen LogP contribution in [0, 0.1) is 0 Å². The van der Waals surface area contributed by atoms with Crippen molar-refractivity contribution in [1.29, 1.82) is 0 Å². The molecule has 106 valence electrons. The number of carbonyl (C=O) groups is 2. The number of rotatable bonds is 5. The van der Waals surface area contributed by atoms with Gasteiger partial charge in [-0.2, -0.15) is 0 Å². The lowest BCUT2D eigenvalue weighted by molar-refractivity contribution is -0.136. The summed E-state index contributed by atoms with van der Waals surface area (Å²) in [6.07, 6.45) is 1.36. The van der Waals surface area contributed by atoms with Gasteiger partial charge in [0.15, 0.2) is 0 Å². The number of methoxy groups -OCH3 is 2. The quantitative estimate of drug-likeness (QED) is 0.806. The van der Waals surface area contributed by atoms with Gasteiger partial charge in [-0.25, -0.2) is 0 Å². The molecule has 0 fully saturated rings. The Labute approximate surface area is 116 Å². The van der Waals surface area contributed by atoms with Gasteiger partial charge in [-0.1, -0.05) is 0 Å². The van der Waals surface area contributed by atoms with Crippen LogP contribution in [0.4, 0.5) is 0 Å². The van der Waals surface area contributed by atoms with Crippen molar-refractivity contribution in [1.82, 2.24) is 5.32 Å². The normalized spacial score (nSPS) is 16.7. The average molecular weight is 277 g/mol. The van der Waals surface area contributed by atoms with Crippen molar-refractivity contribution < 1.29 is 23.8 Å².